The molecule has 0 aliphatic rings. The average Bonchev–Trinajstić information content (AvgIpc) is 2.92. The van der Waals surface area contributed by atoms with E-state index in [1.54, 1.807) is 54.6 Å². The monoisotopic (exact) mass is 527 g/mol. The van der Waals surface area contributed by atoms with Crippen LogP contribution in [0.5, 0.6) is 0 Å². The van der Waals surface area contributed by atoms with Gasteiger partial charge in [-0.2, -0.15) is 13.2 Å². The second-order valence-electron chi connectivity index (χ2n) is 8.53. The van der Waals surface area contributed by atoms with E-state index in [-0.39, 0.29) is 13.0 Å². The van der Waals surface area contributed by atoms with Crippen molar-refractivity contribution in [1.29, 1.82) is 0 Å². The lowest BCUT2D eigenvalue weighted by Crippen LogP contribution is -2.56. The molecule has 0 aliphatic carbocycles. The lowest BCUT2D eigenvalue weighted by molar-refractivity contribution is -0.276. The largest absolute Gasteiger partial charge is 0.460 e. The van der Waals surface area contributed by atoms with Crippen molar-refractivity contribution in [3.05, 3.63) is 120 Å². The van der Waals surface area contributed by atoms with Gasteiger partial charge >= 0.3 is 18.2 Å². The van der Waals surface area contributed by atoms with E-state index in [9.17, 15) is 22.8 Å². The molecule has 0 bridgehead atoms. The first-order valence-electron chi connectivity index (χ1n) is 11.7. The van der Waals surface area contributed by atoms with Crippen molar-refractivity contribution >= 4 is 12.1 Å². The average molecular weight is 528 g/mol. The Bertz CT molecular complexity index is 1210. The Labute approximate surface area is 219 Å². The molecule has 200 valence electrons. The number of carbonyl (C=O) groups is 2. The van der Waals surface area contributed by atoms with E-state index in [4.69, 9.17) is 14.2 Å². The Morgan fingerprint density at radius 1 is 0.842 bits per heavy atom. The van der Waals surface area contributed by atoms with Crippen LogP contribution in [-0.4, -0.2) is 37.5 Å². The zero-order valence-corrected chi connectivity index (χ0v) is 20.7. The quantitative estimate of drug-likeness (QED) is 0.255. The summed E-state index contributed by atoms with van der Waals surface area (Å²) in [4.78, 5) is 25.8. The fourth-order valence-electron chi connectivity index (χ4n) is 3.92. The molecule has 38 heavy (non-hydrogen) atoms. The molecule has 0 saturated carbocycles. The summed E-state index contributed by atoms with van der Waals surface area (Å²) in [5.74, 6) is -1.68. The van der Waals surface area contributed by atoms with E-state index in [0.29, 0.717) is 5.56 Å². The first-order chi connectivity index (χ1) is 18.2. The minimum Gasteiger partial charge on any atom is -0.460 e. The number of alkyl carbamates (subject to hydrolysis) is 1. The molecule has 1 amide bonds. The first-order valence-corrected chi connectivity index (χ1v) is 11.7. The number of esters is 1. The number of alkyl halides is 3. The summed E-state index contributed by atoms with van der Waals surface area (Å²) in [5, 5.41) is 2.62. The van der Waals surface area contributed by atoms with Crippen LogP contribution in [0.25, 0.3) is 0 Å². The van der Waals surface area contributed by atoms with Gasteiger partial charge in [0.05, 0.1) is 5.54 Å². The first kappa shape index (κ1) is 28.5. The Kier molecular flexibility index (Phi) is 9.30. The second kappa shape index (κ2) is 12.4. The van der Waals surface area contributed by atoms with Crippen molar-refractivity contribution in [2.75, 3.05) is 13.7 Å². The van der Waals surface area contributed by atoms with Crippen LogP contribution in [0.2, 0.25) is 0 Å². The third kappa shape index (κ3) is 6.60. The Balaban J connectivity index is 1.86. The number of hydrogen-bond acceptors (Lipinski definition) is 5. The molecule has 3 aromatic rings. The lowest BCUT2D eigenvalue weighted by atomic mass is 9.90. The van der Waals surface area contributed by atoms with Crippen LogP contribution in [0.4, 0.5) is 18.0 Å². The van der Waals surface area contributed by atoms with Gasteiger partial charge in [-0.15, -0.1) is 6.58 Å². The van der Waals surface area contributed by atoms with Crippen LogP contribution in [-0.2, 0) is 37.6 Å². The smallest absolute Gasteiger partial charge is 0.432 e. The number of carbonyl (C=O) groups excluding carboxylic acids is 2. The van der Waals surface area contributed by atoms with Crippen LogP contribution in [0.1, 0.15) is 16.7 Å². The number of halogens is 3. The fraction of sp³-hybridized carbons (Fsp3) is 0.241. The summed E-state index contributed by atoms with van der Waals surface area (Å²) in [6.45, 7) is 3.04. The van der Waals surface area contributed by atoms with Gasteiger partial charge in [0.1, 0.15) is 13.2 Å². The van der Waals surface area contributed by atoms with Gasteiger partial charge in [0.15, 0.2) is 0 Å². The molecule has 0 heterocycles. The summed E-state index contributed by atoms with van der Waals surface area (Å²) in [5.41, 5.74) is -3.86. The Morgan fingerprint density at radius 2 is 1.37 bits per heavy atom. The van der Waals surface area contributed by atoms with Gasteiger partial charge in [-0.05, 0) is 11.1 Å². The number of methoxy groups -OCH3 is 1. The van der Waals surface area contributed by atoms with Gasteiger partial charge in [0, 0.05) is 19.1 Å². The van der Waals surface area contributed by atoms with Crippen molar-refractivity contribution in [2.24, 2.45) is 0 Å². The van der Waals surface area contributed by atoms with Gasteiger partial charge in [-0.3, -0.25) is 0 Å². The Hall–Kier alpha value is -4.11. The highest BCUT2D eigenvalue weighted by Gasteiger charge is 2.64. The summed E-state index contributed by atoms with van der Waals surface area (Å²) >= 11 is 0. The molecule has 9 heteroatoms. The SMILES string of the molecule is C=C[C@](COC(=O)[C@](OC)(c1ccccc1)C(F)(F)F)(Cc1ccccc1)NC(=O)OCc1ccccc1. The number of nitrogens with one attached hydrogen (secondary N) is 1. The highest BCUT2D eigenvalue weighted by Crippen LogP contribution is 2.43. The predicted molar refractivity (Wildman–Crippen MR) is 135 cm³/mol. The molecule has 0 fully saturated rings. The number of benzene rings is 3. The van der Waals surface area contributed by atoms with Gasteiger partial charge < -0.3 is 19.5 Å². The van der Waals surface area contributed by atoms with Crippen LogP contribution >= 0.6 is 0 Å². The molecule has 0 unspecified atom stereocenters. The van der Waals surface area contributed by atoms with E-state index < -0.39 is 41.5 Å². The maximum Gasteiger partial charge on any atom is 0.432 e. The van der Waals surface area contributed by atoms with E-state index >= 15 is 0 Å². The molecule has 0 aromatic heterocycles. The number of hydrogen-bond donors (Lipinski definition) is 1. The van der Waals surface area contributed by atoms with Gasteiger partial charge in [-0.25, -0.2) is 9.59 Å². The van der Waals surface area contributed by atoms with Crippen molar-refractivity contribution in [1.82, 2.24) is 5.32 Å². The fourth-order valence-corrected chi connectivity index (χ4v) is 3.92. The third-order valence-corrected chi connectivity index (χ3v) is 5.95. The maximum absolute atomic E-state index is 14.3. The minimum absolute atomic E-state index is 0.0418. The van der Waals surface area contributed by atoms with E-state index in [0.717, 1.165) is 24.8 Å². The molecular formula is C29H28F3NO5. The summed E-state index contributed by atoms with van der Waals surface area (Å²) < 4.78 is 58.2. The standard InChI is InChI=1S/C29H28F3NO5/c1-3-27(19-22-13-7-4-8-14-22,33-26(35)37-20-23-15-9-5-10-16-23)21-38-25(34)28(36-2,29(30,31)32)24-17-11-6-12-18-24/h3-18H,1,19-21H2,2H3,(H,33,35)/t27-,28-/m1/s1. The molecule has 1 N–H and O–H groups in total. The Morgan fingerprint density at radius 3 is 1.87 bits per heavy atom. The van der Waals surface area contributed by atoms with Crippen molar-refractivity contribution in [2.45, 2.75) is 30.3 Å². The molecule has 0 aliphatic heterocycles. The molecule has 0 spiro atoms. The molecule has 0 radical (unpaired) electrons. The van der Waals surface area contributed by atoms with Crippen LogP contribution in [0.3, 0.4) is 0 Å². The highest BCUT2D eigenvalue weighted by molar-refractivity contribution is 5.83. The van der Waals surface area contributed by atoms with Gasteiger partial charge in [0.2, 0.25) is 0 Å². The van der Waals surface area contributed by atoms with Crippen molar-refractivity contribution < 1.29 is 37.0 Å². The molecule has 3 rings (SSSR count). The van der Waals surface area contributed by atoms with Crippen molar-refractivity contribution in [3.63, 3.8) is 0 Å². The molecule has 0 saturated heterocycles. The van der Waals surface area contributed by atoms with Crippen LogP contribution in [0, 0.1) is 0 Å². The summed E-state index contributed by atoms with van der Waals surface area (Å²) in [7, 11) is 0.783. The summed E-state index contributed by atoms with van der Waals surface area (Å²) in [6, 6.07) is 24.2. The highest BCUT2D eigenvalue weighted by atomic mass is 19.4. The topological polar surface area (TPSA) is 73.9 Å². The maximum atomic E-state index is 14.3. The third-order valence-electron chi connectivity index (χ3n) is 5.95. The predicted octanol–water partition coefficient (Wildman–Crippen LogP) is 5.73. The van der Waals surface area contributed by atoms with Gasteiger partial charge in [-0.1, -0.05) is 97.1 Å². The van der Waals surface area contributed by atoms with E-state index in [1.807, 2.05) is 6.07 Å². The number of ether oxygens (including phenoxy) is 3. The number of rotatable bonds is 11. The van der Waals surface area contributed by atoms with E-state index in [1.165, 1.54) is 24.3 Å². The molecular weight excluding hydrogens is 499 g/mol. The lowest BCUT2D eigenvalue weighted by Gasteiger charge is -2.35. The zero-order chi connectivity index (χ0) is 27.7. The number of amides is 1. The minimum atomic E-state index is -5.14. The molecule has 6 nitrogen and oxygen atoms in total. The van der Waals surface area contributed by atoms with E-state index in [2.05, 4.69) is 11.9 Å². The normalized spacial score (nSPS) is 14.4. The van der Waals surface area contributed by atoms with Crippen molar-refractivity contribution in [3.8, 4) is 0 Å². The van der Waals surface area contributed by atoms with Gasteiger partial charge in [0.25, 0.3) is 5.60 Å². The summed E-state index contributed by atoms with van der Waals surface area (Å²) in [6.07, 6.45) is -4.64. The van der Waals surface area contributed by atoms with Crippen LogP contribution in [0.15, 0.2) is 104 Å². The molecule has 3 aromatic carbocycles. The zero-order valence-electron chi connectivity index (χ0n) is 20.7. The second-order valence-corrected chi connectivity index (χ2v) is 8.53. The van der Waals surface area contributed by atoms with Crippen LogP contribution < -0.4 is 5.32 Å². The molecule has 2 atom stereocenters.